The number of hydrogen-bond acceptors (Lipinski definition) is 6. The fraction of sp³-hybridized carbons (Fsp3) is 0.250. The summed E-state index contributed by atoms with van der Waals surface area (Å²) in [7, 11) is 1.35. The standard InChI is InChI=1S/C16H14FN5O2/c1-24-15-12(10(17)6-7-19-15)22-14-9(13(18)21-16(22)23)4-5-11(20-14)8-2-3-8/h4-8H,2-3H2,1H3,(H2,18,21,23). The number of hydrogen-bond donors (Lipinski definition) is 1. The Morgan fingerprint density at radius 2 is 2.08 bits per heavy atom. The molecule has 1 fully saturated rings. The molecule has 0 unspecified atom stereocenters. The summed E-state index contributed by atoms with van der Waals surface area (Å²) in [6.07, 6.45) is 3.36. The van der Waals surface area contributed by atoms with Gasteiger partial charge in [0, 0.05) is 17.8 Å². The van der Waals surface area contributed by atoms with Crippen LogP contribution in [0.5, 0.6) is 5.88 Å². The predicted molar refractivity (Wildman–Crippen MR) is 85.8 cm³/mol. The van der Waals surface area contributed by atoms with Crippen LogP contribution in [0.25, 0.3) is 16.7 Å². The van der Waals surface area contributed by atoms with Gasteiger partial charge in [-0.15, -0.1) is 0 Å². The molecule has 3 heterocycles. The number of nitrogens with zero attached hydrogens (tertiary/aromatic N) is 4. The molecule has 4 rings (SSSR count). The topological polar surface area (TPSA) is 95.9 Å². The number of aromatic nitrogens is 4. The van der Waals surface area contributed by atoms with Crippen LogP contribution in [0.15, 0.2) is 29.2 Å². The lowest BCUT2D eigenvalue weighted by Gasteiger charge is -2.14. The molecule has 0 aliphatic heterocycles. The molecule has 1 saturated carbocycles. The van der Waals surface area contributed by atoms with Gasteiger partial charge < -0.3 is 10.5 Å². The maximum absolute atomic E-state index is 14.4. The molecule has 1 aliphatic rings. The average Bonchev–Trinajstić information content (AvgIpc) is 3.40. The molecule has 0 amide bonds. The van der Waals surface area contributed by atoms with Gasteiger partial charge in [-0.05, 0) is 31.0 Å². The van der Waals surface area contributed by atoms with Gasteiger partial charge in [0.2, 0.25) is 5.88 Å². The second kappa shape index (κ2) is 5.26. The van der Waals surface area contributed by atoms with Crippen LogP contribution < -0.4 is 16.2 Å². The van der Waals surface area contributed by atoms with Gasteiger partial charge in [-0.25, -0.2) is 23.7 Å². The molecule has 0 radical (unpaired) electrons. The Kier molecular flexibility index (Phi) is 3.19. The first kappa shape index (κ1) is 14.6. The highest BCUT2D eigenvalue weighted by molar-refractivity contribution is 5.86. The van der Waals surface area contributed by atoms with Crippen molar-refractivity contribution in [1.82, 2.24) is 19.5 Å². The Bertz CT molecular complexity index is 1010. The van der Waals surface area contributed by atoms with Crippen molar-refractivity contribution in [3.8, 4) is 11.6 Å². The highest BCUT2D eigenvalue weighted by Gasteiger charge is 2.26. The van der Waals surface area contributed by atoms with Gasteiger partial charge in [0.1, 0.15) is 5.82 Å². The van der Waals surface area contributed by atoms with Crippen LogP contribution in [-0.4, -0.2) is 26.6 Å². The summed E-state index contributed by atoms with van der Waals surface area (Å²) >= 11 is 0. The Hall–Kier alpha value is -3.03. The van der Waals surface area contributed by atoms with Crippen LogP contribution in [0.3, 0.4) is 0 Å². The zero-order chi connectivity index (χ0) is 16.8. The monoisotopic (exact) mass is 327 g/mol. The van der Waals surface area contributed by atoms with Crippen molar-refractivity contribution in [3.05, 3.63) is 46.4 Å². The van der Waals surface area contributed by atoms with Crippen LogP contribution in [0.4, 0.5) is 10.2 Å². The molecule has 3 aromatic rings. The van der Waals surface area contributed by atoms with Crippen LogP contribution in [0.2, 0.25) is 0 Å². The van der Waals surface area contributed by atoms with Crippen LogP contribution in [-0.2, 0) is 0 Å². The van der Waals surface area contributed by atoms with Crippen LogP contribution in [0, 0.1) is 5.82 Å². The number of fused-ring (bicyclic) bond motifs is 1. The number of anilines is 1. The van der Waals surface area contributed by atoms with Crippen molar-refractivity contribution in [1.29, 1.82) is 0 Å². The minimum Gasteiger partial charge on any atom is -0.479 e. The van der Waals surface area contributed by atoms with Crippen molar-refractivity contribution in [2.24, 2.45) is 0 Å². The first-order valence-electron chi connectivity index (χ1n) is 7.48. The third kappa shape index (κ3) is 2.18. The number of rotatable bonds is 3. The first-order valence-corrected chi connectivity index (χ1v) is 7.48. The molecular weight excluding hydrogens is 313 g/mol. The molecule has 0 saturated heterocycles. The molecule has 0 bridgehead atoms. The van der Waals surface area contributed by atoms with Crippen molar-refractivity contribution in [3.63, 3.8) is 0 Å². The molecule has 7 nitrogen and oxygen atoms in total. The summed E-state index contributed by atoms with van der Waals surface area (Å²) in [5.41, 5.74) is 6.10. The van der Waals surface area contributed by atoms with Crippen LogP contribution >= 0.6 is 0 Å². The zero-order valence-electron chi connectivity index (χ0n) is 12.9. The van der Waals surface area contributed by atoms with Gasteiger partial charge in [0.15, 0.2) is 17.2 Å². The summed E-state index contributed by atoms with van der Waals surface area (Å²) in [6, 6.07) is 4.77. The average molecular weight is 327 g/mol. The number of pyridine rings is 2. The second-order valence-electron chi connectivity index (χ2n) is 5.65. The number of methoxy groups -OCH3 is 1. The van der Waals surface area contributed by atoms with E-state index in [0.29, 0.717) is 11.3 Å². The third-order valence-electron chi connectivity index (χ3n) is 4.05. The Balaban J connectivity index is 2.12. The lowest BCUT2D eigenvalue weighted by molar-refractivity contribution is 0.391. The number of nitrogen functional groups attached to an aromatic ring is 1. The van der Waals surface area contributed by atoms with Gasteiger partial charge in [-0.2, -0.15) is 4.98 Å². The van der Waals surface area contributed by atoms with E-state index in [2.05, 4.69) is 15.0 Å². The van der Waals surface area contributed by atoms with E-state index >= 15 is 0 Å². The zero-order valence-corrected chi connectivity index (χ0v) is 12.9. The largest absolute Gasteiger partial charge is 0.479 e. The van der Waals surface area contributed by atoms with E-state index in [0.717, 1.165) is 29.2 Å². The summed E-state index contributed by atoms with van der Waals surface area (Å²) in [6.45, 7) is 0. The quantitative estimate of drug-likeness (QED) is 0.788. The van der Waals surface area contributed by atoms with Crippen LogP contribution in [0.1, 0.15) is 24.5 Å². The Labute approximate surface area is 135 Å². The maximum Gasteiger partial charge on any atom is 0.356 e. The summed E-state index contributed by atoms with van der Waals surface area (Å²) in [5, 5.41) is 0.476. The van der Waals surface area contributed by atoms with E-state index in [4.69, 9.17) is 10.5 Å². The molecule has 0 aromatic carbocycles. The second-order valence-corrected chi connectivity index (χ2v) is 5.65. The van der Waals surface area contributed by atoms with Crippen molar-refractivity contribution in [2.45, 2.75) is 18.8 Å². The van der Waals surface area contributed by atoms with E-state index in [1.54, 1.807) is 6.07 Å². The van der Waals surface area contributed by atoms with E-state index < -0.39 is 11.5 Å². The maximum atomic E-state index is 14.4. The Morgan fingerprint density at radius 3 is 2.79 bits per heavy atom. The van der Waals surface area contributed by atoms with E-state index in [-0.39, 0.29) is 23.0 Å². The van der Waals surface area contributed by atoms with E-state index in [9.17, 15) is 9.18 Å². The summed E-state index contributed by atoms with van der Waals surface area (Å²) in [5.74, 6) is -0.253. The molecule has 122 valence electrons. The van der Waals surface area contributed by atoms with Gasteiger partial charge in [-0.3, -0.25) is 0 Å². The lowest BCUT2D eigenvalue weighted by atomic mass is 10.2. The molecule has 1 aliphatic carbocycles. The van der Waals surface area contributed by atoms with Crippen molar-refractivity contribution < 1.29 is 9.13 Å². The molecule has 0 atom stereocenters. The van der Waals surface area contributed by atoms with Gasteiger partial charge in [0.25, 0.3) is 0 Å². The molecule has 2 N–H and O–H groups in total. The number of halogens is 1. The lowest BCUT2D eigenvalue weighted by Crippen LogP contribution is -2.25. The molecule has 8 heteroatoms. The molecule has 3 aromatic heterocycles. The molecule has 24 heavy (non-hydrogen) atoms. The van der Waals surface area contributed by atoms with E-state index in [1.165, 1.54) is 13.3 Å². The Morgan fingerprint density at radius 1 is 1.29 bits per heavy atom. The minimum absolute atomic E-state index is 0.0244. The highest BCUT2D eigenvalue weighted by atomic mass is 19.1. The summed E-state index contributed by atoms with van der Waals surface area (Å²) < 4.78 is 20.6. The smallest absolute Gasteiger partial charge is 0.356 e. The molecular formula is C16H14FN5O2. The predicted octanol–water partition coefficient (Wildman–Crippen LogP) is 1.78. The van der Waals surface area contributed by atoms with Gasteiger partial charge in [-0.1, -0.05) is 0 Å². The summed E-state index contributed by atoms with van der Waals surface area (Å²) in [4.78, 5) is 24.7. The SMILES string of the molecule is COc1nccc(F)c1-n1c(=O)nc(N)c2ccc(C3CC3)nc21. The van der Waals surface area contributed by atoms with Crippen molar-refractivity contribution >= 4 is 16.9 Å². The third-order valence-corrected chi connectivity index (χ3v) is 4.05. The minimum atomic E-state index is -0.731. The normalized spacial score (nSPS) is 14.1. The fourth-order valence-electron chi connectivity index (χ4n) is 2.71. The number of ether oxygens (including phenoxy) is 1. The molecule has 0 spiro atoms. The highest BCUT2D eigenvalue weighted by Crippen LogP contribution is 2.39. The van der Waals surface area contributed by atoms with Crippen molar-refractivity contribution in [2.75, 3.05) is 12.8 Å². The van der Waals surface area contributed by atoms with Gasteiger partial charge in [0.05, 0.1) is 12.5 Å². The number of nitrogens with two attached hydrogens (primary N) is 1. The first-order chi connectivity index (χ1) is 11.6. The van der Waals surface area contributed by atoms with Gasteiger partial charge >= 0.3 is 5.69 Å². The van der Waals surface area contributed by atoms with E-state index in [1.807, 2.05) is 6.07 Å². The fourth-order valence-corrected chi connectivity index (χ4v) is 2.71.